The minimum absolute atomic E-state index is 0.0301. The highest BCUT2D eigenvalue weighted by molar-refractivity contribution is 5.81. The van der Waals surface area contributed by atoms with E-state index in [0.29, 0.717) is 18.7 Å². The Hall–Kier alpha value is -1.86. The Labute approximate surface area is 113 Å². The summed E-state index contributed by atoms with van der Waals surface area (Å²) >= 11 is 0. The van der Waals surface area contributed by atoms with Crippen molar-refractivity contribution in [2.45, 2.75) is 32.0 Å². The number of ether oxygens (including phenoxy) is 1. The van der Waals surface area contributed by atoms with Gasteiger partial charge in [-0.2, -0.15) is 18.3 Å². The second-order valence-electron chi connectivity index (χ2n) is 4.62. The van der Waals surface area contributed by atoms with Gasteiger partial charge < -0.3 is 9.64 Å². The number of carbonyl (C=O) groups excluding carboxylic acids is 1. The van der Waals surface area contributed by atoms with Gasteiger partial charge in [0.1, 0.15) is 6.10 Å². The molecule has 1 fully saturated rings. The summed E-state index contributed by atoms with van der Waals surface area (Å²) in [7, 11) is 0. The summed E-state index contributed by atoms with van der Waals surface area (Å²) in [5, 5.41) is 7.66. The zero-order valence-electron chi connectivity index (χ0n) is 10.9. The van der Waals surface area contributed by atoms with Crippen molar-refractivity contribution in [3.63, 3.8) is 0 Å². The first kappa shape index (κ1) is 14.5. The van der Waals surface area contributed by atoms with Crippen molar-refractivity contribution in [2.75, 3.05) is 13.1 Å². The number of aryl methyl sites for hydroxylation is 1. The van der Waals surface area contributed by atoms with Crippen LogP contribution in [0.4, 0.5) is 13.2 Å². The van der Waals surface area contributed by atoms with Gasteiger partial charge >= 0.3 is 12.1 Å². The van der Waals surface area contributed by atoms with Crippen LogP contribution >= 0.6 is 0 Å². The average molecular weight is 289 g/mol. The van der Waals surface area contributed by atoms with Crippen LogP contribution in [-0.2, 0) is 4.79 Å². The summed E-state index contributed by atoms with van der Waals surface area (Å²) in [4.78, 5) is 11.9. The molecule has 0 spiro atoms. The van der Waals surface area contributed by atoms with E-state index in [4.69, 9.17) is 4.74 Å². The molecule has 1 aromatic heterocycles. The molecule has 110 valence electrons. The lowest BCUT2D eigenvalue weighted by molar-refractivity contribution is -0.187. The molecule has 0 N–H and O–H groups in total. The van der Waals surface area contributed by atoms with Crippen LogP contribution in [0.1, 0.15) is 18.5 Å². The largest absolute Gasteiger partial charge is 0.473 e. The Bertz CT molecular complexity index is 468. The number of carbonyl (C=O) groups is 1. The van der Waals surface area contributed by atoms with Gasteiger partial charge in [-0.15, -0.1) is 5.10 Å². The number of likely N-dealkylation sites (tertiary alicyclic amines) is 1. The molecule has 0 saturated carbocycles. The van der Waals surface area contributed by atoms with Crippen LogP contribution < -0.4 is 4.74 Å². The standard InChI is InChI=1S/C12H14F3N3O2/c1-8-2-3-10(17-16-8)20-9-4-6-18(7-5-9)11(19)12(13,14)15/h2-3,9H,4-7H2,1H3. The highest BCUT2D eigenvalue weighted by Crippen LogP contribution is 2.23. The second kappa shape index (κ2) is 5.64. The Morgan fingerprint density at radius 1 is 1.30 bits per heavy atom. The van der Waals surface area contributed by atoms with Gasteiger partial charge in [-0.1, -0.05) is 0 Å². The maximum absolute atomic E-state index is 12.3. The number of rotatable bonds is 2. The lowest BCUT2D eigenvalue weighted by Crippen LogP contribution is -2.47. The monoisotopic (exact) mass is 289 g/mol. The first-order chi connectivity index (χ1) is 9.36. The van der Waals surface area contributed by atoms with Gasteiger partial charge in [0.05, 0.1) is 5.69 Å². The van der Waals surface area contributed by atoms with Crippen LogP contribution in [0.5, 0.6) is 5.88 Å². The molecule has 1 saturated heterocycles. The van der Waals surface area contributed by atoms with Crippen molar-refractivity contribution < 1.29 is 22.7 Å². The molecule has 0 unspecified atom stereocenters. The summed E-state index contributed by atoms with van der Waals surface area (Å²) in [5.74, 6) is -1.44. The van der Waals surface area contributed by atoms with Gasteiger partial charge in [0.15, 0.2) is 0 Å². The number of nitrogens with zero attached hydrogens (tertiary/aromatic N) is 3. The molecule has 0 radical (unpaired) electrons. The molecule has 1 aliphatic heterocycles. The predicted molar refractivity (Wildman–Crippen MR) is 63.1 cm³/mol. The van der Waals surface area contributed by atoms with Crippen molar-refractivity contribution in [3.05, 3.63) is 17.8 Å². The average Bonchev–Trinajstić information content (AvgIpc) is 2.40. The summed E-state index contributed by atoms with van der Waals surface area (Å²) in [5.41, 5.74) is 0.753. The molecule has 5 nitrogen and oxygen atoms in total. The minimum Gasteiger partial charge on any atom is -0.473 e. The van der Waals surface area contributed by atoms with Crippen molar-refractivity contribution in [2.24, 2.45) is 0 Å². The number of alkyl halides is 3. The summed E-state index contributed by atoms with van der Waals surface area (Å²) in [6.45, 7) is 1.85. The molecule has 0 bridgehead atoms. The van der Waals surface area contributed by atoms with E-state index in [0.717, 1.165) is 10.6 Å². The van der Waals surface area contributed by atoms with E-state index < -0.39 is 12.1 Å². The molecule has 0 aliphatic carbocycles. The highest BCUT2D eigenvalue weighted by atomic mass is 19.4. The fraction of sp³-hybridized carbons (Fsp3) is 0.583. The van der Waals surface area contributed by atoms with Crippen LogP contribution in [0, 0.1) is 6.92 Å². The van der Waals surface area contributed by atoms with Crippen molar-refractivity contribution >= 4 is 5.91 Å². The predicted octanol–water partition coefficient (Wildman–Crippen LogP) is 1.72. The van der Waals surface area contributed by atoms with Crippen LogP contribution in [0.3, 0.4) is 0 Å². The molecular weight excluding hydrogens is 275 g/mol. The highest BCUT2D eigenvalue weighted by Gasteiger charge is 2.43. The van der Waals surface area contributed by atoms with E-state index in [-0.39, 0.29) is 19.2 Å². The van der Waals surface area contributed by atoms with Crippen LogP contribution in [0.25, 0.3) is 0 Å². The normalized spacial score (nSPS) is 17.1. The summed E-state index contributed by atoms with van der Waals surface area (Å²) in [6, 6.07) is 3.40. The van der Waals surface area contributed by atoms with E-state index in [1.807, 2.05) is 0 Å². The number of hydrogen-bond acceptors (Lipinski definition) is 4. The van der Waals surface area contributed by atoms with Crippen LogP contribution in [0.2, 0.25) is 0 Å². The van der Waals surface area contributed by atoms with Crippen LogP contribution in [0.15, 0.2) is 12.1 Å². The van der Waals surface area contributed by atoms with Gasteiger partial charge in [0.2, 0.25) is 5.88 Å². The molecule has 8 heteroatoms. The van der Waals surface area contributed by atoms with Crippen LogP contribution in [-0.4, -0.2) is 46.4 Å². The fourth-order valence-corrected chi connectivity index (χ4v) is 1.98. The molecule has 20 heavy (non-hydrogen) atoms. The van der Waals surface area contributed by atoms with Gasteiger partial charge in [0, 0.05) is 32.0 Å². The molecule has 1 amide bonds. The molecule has 2 rings (SSSR count). The van der Waals surface area contributed by atoms with Gasteiger partial charge in [-0.3, -0.25) is 4.79 Å². The van der Waals surface area contributed by atoms with Crippen molar-refractivity contribution in [1.29, 1.82) is 0 Å². The second-order valence-corrected chi connectivity index (χ2v) is 4.62. The first-order valence-electron chi connectivity index (χ1n) is 6.19. The number of piperidine rings is 1. The third-order valence-corrected chi connectivity index (χ3v) is 3.03. The van der Waals surface area contributed by atoms with Crippen molar-refractivity contribution in [1.82, 2.24) is 15.1 Å². The zero-order valence-corrected chi connectivity index (χ0v) is 10.9. The first-order valence-corrected chi connectivity index (χ1v) is 6.19. The van der Waals surface area contributed by atoms with Crippen molar-refractivity contribution in [3.8, 4) is 5.88 Å². The molecule has 1 aromatic rings. The molecule has 0 atom stereocenters. The quantitative estimate of drug-likeness (QED) is 0.832. The van der Waals surface area contributed by atoms with E-state index in [1.165, 1.54) is 0 Å². The maximum Gasteiger partial charge on any atom is 0.471 e. The molecule has 2 heterocycles. The Balaban J connectivity index is 1.85. The topological polar surface area (TPSA) is 55.3 Å². The maximum atomic E-state index is 12.3. The summed E-state index contributed by atoms with van der Waals surface area (Å²) in [6.07, 6.45) is -4.37. The zero-order chi connectivity index (χ0) is 14.8. The van der Waals surface area contributed by atoms with Gasteiger partial charge in [-0.05, 0) is 13.0 Å². The lowest BCUT2D eigenvalue weighted by Gasteiger charge is -2.32. The number of hydrogen-bond donors (Lipinski definition) is 0. The smallest absolute Gasteiger partial charge is 0.471 e. The molecular formula is C12H14F3N3O2. The van der Waals surface area contributed by atoms with E-state index >= 15 is 0 Å². The SMILES string of the molecule is Cc1ccc(OC2CCN(C(=O)C(F)(F)F)CC2)nn1. The number of halogens is 3. The summed E-state index contributed by atoms with van der Waals surface area (Å²) < 4.78 is 42.4. The Kier molecular flexibility index (Phi) is 4.10. The Morgan fingerprint density at radius 2 is 1.95 bits per heavy atom. The Morgan fingerprint density at radius 3 is 2.45 bits per heavy atom. The third kappa shape index (κ3) is 3.58. The number of amides is 1. The van der Waals surface area contributed by atoms with Gasteiger partial charge in [-0.25, -0.2) is 0 Å². The van der Waals surface area contributed by atoms with Gasteiger partial charge in [0.25, 0.3) is 0 Å². The fourth-order valence-electron chi connectivity index (χ4n) is 1.98. The molecule has 0 aromatic carbocycles. The van der Waals surface area contributed by atoms with E-state index in [1.54, 1.807) is 19.1 Å². The number of aromatic nitrogens is 2. The third-order valence-electron chi connectivity index (χ3n) is 3.03. The molecule has 1 aliphatic rings. The van der Waals surface area contributed by atoms with E-state index in [9.17, 15) is 18.0 Å². The lowest BCUT2D eigenvalue weighted by atomic mass is 10.1. The van der Waals surface area contributed by atoms with E-state index in [2.05, 4.69) is 10.2 Å². The minimum atomic E-state index is -4.81.